The minimum Gasteiger partial charge on any atom is -0.393 e. The highest BCUT2D eigenvalue weighted by molar-refractivity contribution is 6.07. The van der Waals surface area contributed by atoms with E-state index in [1.54, 1.807) is 12.4 Å². The van der Waals surface area contributed by atoms with Gasteiger partial charge in [0.1, 0.15) is 0 Å². The molecule has 3 nitrogen and oxygen atoms in total. The highest BCUT2D eigenvalue weighted by Gasteiger charge is 2.01. The summed E-state index contributed by atoms with van der Waals surface area (Å²) in [6, 6.07) is 3.87. The number of nitrogens with zero attached hydrogens (tertiary/aromatic N) is 1. The molecule has 0 amide bonds. The molecule has 0 spiro atoms. The molecule has 1 rings (SSSR count). The van der Waals surface area contributed by atoms with Crippen LogP contribution in [0.15, 0.2) is 24.5 Å². The summed E-state index contributed by atoms with van der Waals surface area (Å²) in [4.78, 5) is 4.21. The summed E-state index contributed by atoms with van der Waals surface area (Å²) in [5.41, 5.74) is 2.72. The van der Waals surface area contributed by atoms with Crippen LogP contribution in [0.2, 0.25) is 0 Å². The Morgan fingerprint density at radius 2 is 2.38 bits per heavy atom. The second kappa shape index (κ2) is 4.40. The maximum absolute atomic E-state index is 7.22. The van der Waals surface area contributed by atoms with Gasteiger partial charge in [-0.2, -0.15) is 0 Å². The Bertz CT molecular complexity index is 329. The van der Waals surface area contributed by atoms with Crippen molar-refractivity contribution >= 4 is 11.8 Å². The minimum atomic E-state index is 0.792. The fourth-order valence-corrected chi connectivity index (χ4v) is 1.12. The van der Waals surface area contributed by atoms with Crippen LogP contribution in [0.4, 0.5) is 0 Å². The van der Waals surface area contributed by atoms with Crippen LogP contribution in [0, 0.1) is 12.3 Å². The number of aromatic nitrogens is 1. The Morgan fingerprint density at radius 1 is 1.62 bits per heavy atom. The molecule has 0 fully saturated rings. The molecule has 0 aliphatic carbocycles. The maximum Gasteiger partial charge on any atom is 0.0760 e. The van der Waals surface area contributed by atoms with E-state index in [1.807, 2.05) is 26.1 Å². The molecule has 0 atom stereocenters. The zero-order chi connectivity index (χ0) is 9.68. The standard InChI is InChI=1S/C10H13N3/c1-8-4-3-5-13-10(8)9(6-11)7-12-2/h3-7,11-12H,1-2H3/b9-7+,11-6?. The number of allylic oxidation sites excluding steroid dienone is 1. The molecule has 0 bridgehead atoms. The second-order valence-corrected chi connectivity index (χ2v) is 2.70. The summed E-state index contributed by atoms with van der Waals surface area (Å²) in [5.74, 6) is 0. The lowest BCUT2D eigenvalue weighted by Gasteiger charge is -2.03. The molecule has 0 aliphatic rings. The van der Waals surface area contributed by atoms with Crippen molar-refractivity contribution in [1.29, 1.82) is 5.41 Å². The van der Waals surface area contributed by atoms with E-state index in [1.165, 1.54) is 6.21 Å². The molecular weight excluding hydrogens is 162 g/mol. The average Bonchev–Trinajstić information content (AvgIpc) is 2.16. The number of pyridine rings is 1. The van der Waals surface area contributed by atoms with Crippen LogP contribution in [0.1, 0.15) is 11.3 Å². The van der Waals surface area contributed by atoms with E-state index in [0.29, 0.717) is 0 Å². The SMILES string of the molecule is CN/C=C(\C=N)c1ncccc1C. The van der Waals surface area contributed by atoms with Crippen LogP contribution in [0.3, 0.4) is 0 Å². The van der Waals surface area contributed by atoms with Gasteiger partial charge in [0.25, 0.3) is 0 Å². The fourth-order valence-electron chi connectivity index (χ4n) is 1.12. The molecule has 0 aromatic carbocycles. The van der Waals surface area contributed by atoms with Crippen molar-refractivity contribution in [2.24, 2.45) is 0 Å². The second-order valence-electron chi connectivity index (χ2n) is 2.70. The molecule has 68 valence electrons. The van der Waals surface area contributed by atoms with Crippen LogP contribution < -0.4 is 5.32 Å². The normalized spacial score (nSPS) is 11.1. The predicted octanol–water partition coefficient (Wildman–Crippen LogP) is 1.60. The Labute approximate surface area is 78.0 Å². The van der Waals surface area contributed by atoms with E-state index in [4.69, 9.17) is 5.41 Å². The number of nitrogens with one attached hydrogen (secondary N) is 2. The van der Waals surface area contributed by atoms with Gasteiger partial charge >= 0.3 is 0 Å². The Hall–Kier alpha value is -1.64. The molecule has 13 heavy (non-hydrogen) atoms. The summed E-state index contributed by atoms with van der Waals surface area (Å²) in [6.45, 7) is 1.98. The van der Waals surface area contributed by atoms with Crippen molar-refractivity contribution in [3.63, 3.8) is 0 Å². The van der Waals surface area contributed by atoms with Gasteiger partial charge in [-0.3, -0.25) is 4.98 Å². The summed E-state index contributed by atoms with van der Waals surface area (Å²) < 4.78 is 0. The van der Waals surface area contributed by atoms with Crippen molar-refractivity contribution in [3.05, 3.63) is 35.8 Å². The molecule has 0 unspecified atom stereocenters. The van der Waals surface area contributed by atoms with Crippen molar-refractivity contribution in [2.75, 3.05) is 7.05 Å². The third kappa shape index (κ3) is 2.15. The molecule has 0 radical (unpaired) electrons. The third-order valence-corrected chi connectivity index (χ3v) is 1.74. The zero-order valence-corrected chi connectivity index (χ0v) is 7.83. The molecule has 1 aromatic rings. The Morgan fingerprint density at radius 3 is 2.92 bits per heavy atom. The van der Waals surface area contributed by atoms with Crippen molar-refractivity contribution in [3.8, 4) is 0 Å². The van der Waals surface area contributed by atoms with Crippen molar-refractivity contribution in [1.82, 2.24) is 10.3 Å². The van der Waals surface area contributed by atoms with Crippen molar-refractivity contribution in [2.45, 2.75) is 6.92 Å². The van der Waals surface area contributed by atoms with E-state index in [-0.39, 0.29) is 0 Å². The van der Waals surface area contributed by atoms with Crippen LogP contribution in [0.5, 0.6) is 0 Å². The van der Waals surface area contributed by atoms with Crippen LogP contribution in [0.25, 0.3) is 5.57 Å². The lowest BCUT2D eigenvalue weighted by Crippen LogP contribution is -2.00. The first-order chi connectivity index (χ1) is 6.29. The highest BCUT2D eigenvalue weighted by atomic mass is 14.8. The van der Waals surface area contributed by atoms with E-state index >= 15 is 0 Å². The van der Waals surface area contributed by atoms with Gasteiger partial charge in [-0.25, -0.2) is 0 Å². The number of hydrogen-bond acceptors (Lipinski definition) is 3. The van der Waals surface area contributed by atoms with E-state index in [2.05, 4.69) is 10.3 Å². The lowest BCUT2D eigenvalue weighted by molar-refractivity contribution is 1.10. The third-order valence-electron chi connectivity index (χ3n) is 1.74. The number of aryl methyl sites for hydroxylation is 1. The monoisotopic (exact) mass is 175 g/mol. The van der Waals surface area contributed by atoms with Gasteiger partial charge in [-0.1, -0.05) is 6.07 Å². The van der Waals surface area contributed by atoms with Gasteiger partial charge in [-0.15, -0.1) is 0 Å². The van der Waals surface area contributed by atoms with Gasteiger partial charge in [0.05, 0.1) is 5.69 Å². The average molecular weight is 175 g/mol. The van der Waals surface area contributed by atoms with Gasteiger partial charge in [0, 0.05) is 31.2 Å². The molecule has 2 N–H and O–H groups in total. The minimum absolute atomic E-state index is 0.792. The van der Waals surface area contributed by atoms with Gasteiger partial charge in [-0.05, 0) is 18.6 Å². The predicted molar refractivity (Wildman–Crippen MR) is 54.8 cm³/mol. The molecule has 0 aliphatic heterocycles. The van der Waals surface area contributed by atoms with Crippen molar-refractivity contribution < 1.29 is 0 Å². The van der Waals surface area contributed by atoms with E-state index < -0.39 is 0 Å². The summed E-state index contributed by atoms with van der Waals surface area (Å²) in [6.07, 6.45) is 4.80. The number of hydrogen-bond donors (Lipinski definition) is 2. The summed E-state index contributed by atoms with van der Waals surface area (Å²) in [7, 11) is 1.81. The van der Waals surface area contributed by atoms with E-state index in [0.717, 1.165) is 16.8 Å². The topological polar surface area (TPSA) is 48.8 Å². The first-order valence-corrected chi connectivity index (χ1v) is 4.09. The first kappa shape index (κ1) is 9.45. The molecule has 3 heteroatoms. The quantitative estimate of drug-likeness (QED) is 0.685. The molecule has 0 saturated carbocycles. The van der Waals surface area contributed by atoms with Gasteiger partial charge < -0.3 is 10.7 Å². The van der Waals surface area contributed by atoms with Crippen LogP contribution in [-0.4, -0.2) is 18.2 Å². The zero-order valence-electron chi connectivity index (χ0n) is 7.83. The lowest BCUT2D eigenvalue weighted by atomic mass is 10.1. The molecule has 1 aromatic heterocycles. The smallest absolute Gasteiger partial charge is 0.0760 e. The van der Waals surface area contributed by atoms with Gasteiger partial charge in [0.2, 0.25) is 0 Å². The largest absolute Gasteiger partial charge is 0.393 e. The molecular formula is C10H13N3. The Kier molecular flexibility index (Phi) is 3.20. The van der Waals surface area contributed by atoms with Crippen LogP contribution >= 0.6 is 0 Å². The highest BCUT2D eigenvalue weighted by Crippen LogP contribution is 2.12. The Balaban J connectivity index is 3.12. The van der Waals surface area contributed by atoms with Crippen LogP contribution in [-0.2, 0) is 0 Å². The fraction of sp³-hybridized carbons (Fsp3) is 0.200. The van der Waals surface area contributed by atoms with E-state index in [9.17, 15) is 0 Å². The molecule has 0 saturated heterocycles. The number of rotatable bonds is 3. The summed E-state index contributed by atoms with van der Waals surface area (Å²) >= 11 is 0. The molecule has 1 heterocycles. The first-order valence-electron chi connectivity index (χ1n) is 4.09. The van der Waals surface area contributed by atoms with Gasteiger partial charge in [0.15, 0.2) is 0 Å². The summed E-state index contributed by atoms with van der Waals surface area (Å²) in [5, 5.41) is 10.1. The maximum atomic E-state index is 7.22.